The summed E-state index contributed by atoms with van der Waals surface area (Å²) in [6.45, 7) is 1.40. The maximum atomic E-state index is 14.8. The van der Waals surface area contributed by atoms with Crippen LogP contribution in [0.2, 0.25) is 0 Å². The van der Waals surface area contributed by atoms with Crippen molar-refractivity contribution in [1.82, 2.24) is 10.0 Å². The van der Waals surface area contributed by atoms with E-state index in [1.807, 2.05) is 0 Å². The molecule has 3 rings (SSSR count). The predicted octanol–water partition coefficient (Wildman–Crippen LogP) is 2.57. The van der Waals surface area contributed by atoms with Crippen molar-refractivity contribution >= 4 is 15.7 Å². The molecule has 1 amide bonds. The Bertz CT molecular complexity index is 1240. The number of methoxy groups -OCH3 is 1. The molecule has 2 aromatic rings. The zero-order valence-corrected chi connectivity index (χ0v) is 20.5. The standard InChI is InChI=1S/C23H28F2N2O7S/c1-23(35(3,30)31,22(29)26-34-21-6-4-5-11-33-21)9-10-27-14-18(25)16(13-20(27)28)15-7-8-19(32-2)17(24)12-15/h7-8,12-14,21H,4-6,9-11H2,1-3H3,(H,26,29)/t21?,23-/m1/s1. The molecule has 1 fully saturated rings. The molecule has 0 aliphatic carbocycles. The molecule has 0 radical (unpaired) electrons. The molecule has 1 aliphatic heterocycles. The number of hydroxylamine groups is 1. The van der Waals surface area contributed by atoms with Crippen molar-refractivity contribution in [1.29, 1.82) is 0 Å². The number of nitrogens with zero attached hydrogens (tertiary/aromatic N) is 1. The summed E-state index contributed by atoms with van der Waals surface area (Å²) < 4.78 is 63.0. The van der Waals surface area contributed by atoms with E-state index in [0.717, 1.165) is 42.0 Å². The van der Waals surface area contributed by atoms with Crippen LogP contribution in [-0.2, 0) is 30.8 Å². The Morgan fingerprint density at radius 3 is 2.60 bits per heavy atom. The van der Waals surface area contributed by atoms with Gasteiger partial charge in [-0.3, -0.25) is 9.59 Å². The van der Waals surface area contributed by atoms with Gasteiger partial charge in [-0.25, -0.2) is 27.5 Å². The molecule has 1 aromatic carbocycles. The Hall–Kier alpha value is -2.83. The van der Waals surface area contributed by atoms with E-state index in [1.54, 1.807) is 0 Å². The third-order valence-corrected chi connectivity index (χ3v) is 8.12. The van der Waals surface area contributed by atoms with Gasteiger partial charge in [0.2, 0.25) is 0 Å². The van der Waals surface area contributed by atoms with Gasteiger partial charge in [-0.15, -0.1) is 0 Å². The summed E-state index contributed by atoms with van der Waals surface area (Å²) in [5.74, 6) is -2.49. The van der Waals surface area contributed by atoms with Crippen LogP contribution in [0.5, 0.6) is 5.75 Å². The molecule has 1 N–H and O–H groups in total. The fourth-order valence-electron chi connectivity index (χ4n) is 3.61. The van der Waals surface area contributed by atoms with Gasteiger partial charge in [-0.2, -0.15) is 0 Å². The first-order valence-electron chi connectivity index (χ1n) is 11.0. The van der Waals surface area contributed by atoms with Gasteiger partial charge in [0.05, 0.1) is 7.11 Å². The molecule has 1 aliphatic rings. The zero-order chi connectivity index (χ0) is 25.8. The van der Waals surface area contributed by atoms with E-state index < -0.39 is 44.0 Å². The number of benzene rings is 1. The number of sulfone groups is 1. The molecule has 0 saturated carbocycles. The second-order valence-electron chi connectivity index (χ2n) is 8.51. The highest BCUT2D eigenvalue weighted by Gasteiger charge is 2.44. The minimum atomic E-state index is -3.97. The fourth-order valence-corrected chi connectivity index (χ4v) is 4.45. The summed E-state index contributed by atoms with van der Waals surface area (Å²) in [7, 11) is -2.68. The van der Waals surface area contributed by atoms with Gasteiger partial charge < -0.3 is 14.0 Å². The quantitative estimate of drug-likeness (QED) is 0.512. The van der Waals surface area contributed by atoms with E-state index >= 15 is 0 Å². The lowest BCUT2D eigenvalue weighted by Gasteiger charge is -2.28. The van der Waals surface area contributed by atoms with Crippen molar-refractivity contribution in [2.75, 3.05) is 20.0 Å². The molecule has 35 heavy (non-hydrogen) atoms. The van der Waals surface area contributed by atoms with Crippen LogP contribution in [0.25, 0.3) is 11.1 Å². The largest absolute Gasteiger partial charge is 0.494 e. The Morgan fingerprint density at radius 2 is 2.00 bits per heavy atom. The van der Waals surface area contributed by atoms with Crippen LogP contribution in [-0.4, -0.2) is 49.9 Å². The monoisotopic (exact) mass is 514 g/mol. The van der Waals surface area contributed by atoms with Crippen LogP contribution in [0.1, 0.15) is 32.6 Å². The Morgan fingerprint density at radius 1 is 1.26 bits per heavy atom. The normalized spacial score (nSPS) is 18.0. The third kappa shape index (κ3) is 6.06. The molecule has 2 heterocycles. The van der Waals surface area contributed by atoms with Crippen LogP contribution in [0, 0.1) is 11.6 Å². The van der Waals surface area contributed by atoms with Gasteiger partial charge in [-0.05, 0) is 43.9 Å². The molecular formula is C23H28F2N2O7S. The molecule has 0 spiro atoms. The van der Waals surface area contributed by atoms with Crippen LogP contribution in [0.15, 0.2) is 35.3 Å². The number of ether oxygens (including phenoxy) is 2. The number of pyridine rings is 1. The van der Waals surface area contributed by atoms with Crippen molar-refractivity contribution in [3.63, 3.8) is 0 Å². The number of carbonyl (C=O) groups is 1. The SMILES string of the molecule is COc1ccc(-c2cc(=O)n(CC[C@](C)(C(=O)NOC3CCCCO3)S(C)(=O)=O)cc2F)cc1F. The molecular weight excluding hydrogens is 486 g/mol. The third-order valence-electron chi connectivity index (χ3n) is 6.09. The molecule has 1 unspecified atom stereocenters. The second kappa shape index (κ2) is 10.8. The first kappa shape index (κ1) is 26.8. The maximum absolute atomic E-state index is 14.8. The van der Waals surface area contributed by atoms with Crippen molar-refractivity contribution < 1.29 is 36.3 Å². The second-order valence-corrected chi connectivity index (χ2v) is 11.0. The first-order chi connectivity index (χ1) is 16.5. The molecule has 1 aromatic heterocycles. The van der Waals surface area contributed by atoms with Crippen molar-refractivity contribution in [3.05, 3.63) is 52.5 Å². The number of halogens is 2. The van der Waals surface area contributed by atoms with Crippen molar-refractivity contribution in [2.45, 2.75) is 50.2 Å². The molecule has 192 valence electrons. The van der Waals surface area contributed by atoms with E-state index in [9.17, 15) is 26.8 Å². The number of nitrogens with one attached hydrogen (secondary N) is 1. The van der Waals surface area contributed by atoms with E-state index in [0.29, 0.717) is 13.0 Å². The lowest BCUT2D eigenvalue weighted by molar-refractivity contribution is -0.201. The lowest BCUT2D eigenvalue weighted by atomic mass is 10.0. The van der Waals surface area contributed by atoms with Crippen LogP contribution < -0.4 is 15.8 Å². The maximum Gasteiger partial charge on any atom is 0.264 e. The Balaban J connectivity index is 1.78. The molecule has 12 heteroatoms. The van der Waals surface area contributed by atoms with Gasteiger partial charge in [0.25, 0.3) is 11.5 Å². The topological polar surface area (TPSA) is 113 Å². The summed E-state index contributed by atoms with van der Waals surface area (Å²) in [6, 6.07) is 4.75. The van der Waals surface area contributed by atoms with E-state index in [2.05, 4.69) is 5.48 Å². The van der Waals surface area contributed by atoms with Gasteiger partial charge in [-0.1, -0.05) is 6.07 Å². The first-order valence-corrected chi connectivity index (χ1v) is 12.9. The number of hydrogen-bond acceptors (Lipinski definition) is 7. The highest BCUT2D eigenvalue weighted by atomic mass is 32.2. The van der Waals surface area contributed by atoms with Crippen molar-refractivity contribution in [3.8, 4) is 16.9 Å². The summed E-state index contributed by atoms with van der Waals surface area (Å²) in [5, 5.41) is 0. The van der Waals surface area contributed by atoms with Gasteiger partial charge in [0.1, 0.15) is 5.82 Å². The molecule has 1 saturated heterocycles. The number of rotatable bonds is 9. The van der Waals surface area contributed by atoms with E-state index in [1.165, 1.54) is 26.2 Å². The molecule has 9 nitrogen and oxygen atoms in total. The summed E-state index contributed by atoms with van der Waals surface area (Å²) >= 11 is 0. The van der Waals surface area contributed by atoms with Crippen LogP contribution in [0.3, 0.4) is 0 Å². The Labute approximate surface area is 201 Å². The minimum Gasteiger partial charge on any atom is -0.494 e. The van der Waals surface area contributed by atoms with E-state index in [-0.39, 0.29) is 29.8 Å². The molecule has 0 bridgehead atoms. The van der Waals surface area contributed by atoms with Crippen LogP contribution >= 0.6 is 0 Å². The summed E-state index contributed by atoms with van der Waals surface area (Å²) in [6.07, 6.45) is 3.05. The lowest BCUT2D eigenvalue weighted by Crippen LogP contribution is -2.51. The summed E-state index contributed by atoms with van der Waals surface area (Å²) in [5.41, 5.74) is 1.51. The van der Waals surface area contributed by atoms with Crippen molar-refractivity contribution in [2.24, 2.45) is 0 Å². The van der Waals surface area contributed by atoms with Gasteiger partial charge in [0, 0.05) is 43.7 Å². The fraction of sp³-hybridized carbons (Fsp3) is 0.478. The number of aromatic nitrogens is 1. The predicted molar refractivity (Wildman–Crippen MR) is 123 cm³/mol. The number of aryl methyl sites for hydroxylation is 1. The minimum absolute atomic E-state index is 0.0279. The van der Waals surface area contributed by atoms with E-state index in [4.69, 9.17) is 14.3 Å². The highest BCUT2D eigenvalue weighted by Crippen LogP contribution is 2.27. The smallest absolute Gasteiger partial charge is 0.264 e. The van der Waals surface area contributed by atoms with Crippen LogP contribution in [0.4, 0.5) is 8.78 Å². The average Bonchev–Trinajstić information content (AvgIpc) is 2.82. The van der Waals surface area contributed by atoms with Gasteiger partial charge >= 0.3 is 0 Å². The number of carbonyl (C=O) groups excluding carboxylic acids is 1. The zero-order valence-electron chi connectivity index (χ0n) is 19.7. The average molecular weight is 515 g/mol. The Kier molecular flexibility index (Phi) is 8.29. The molecule has 2 atom stereocenters. The van der Waals surface area contributed by atoms with Gasteiger partial charge in [0.15, 0.2) is 32.4 Å². The summed E-state index contributed by atoms with van der Waals surface area (Å²) in [4.78, 5) is 30.6. The number of amides is 1. The number of hydrogen-bond donors (Lipinski definition) is 1. The highest BCUT2D eigenvalue weighted by molar-refractivity contribution is 7.92.